The van der Waals surface area contributed by atoms with Crippen molar-refractivity contribution in [2.75, 3.05) is 0 Å². The van der Waals surface area contributed by atoms with Gasteiger partial charge in [0, 0.05) is 23.2 Å². The molecule has 0 spiro atoms. The minimum Gasteiger partial charge on any atom is -0.269 e. The molecule has 1 aromatic heterocycles. The Bertz CT molecular complexity index is 398. The zero-order chi connectivity index (χ0) is 10.1. The molecule has 0 amide bonds. The first kappa shape index (κ1) is 9.66. The third kappa shape index (κ3) is 1.55. The molecule has 2 heterocycles. The molecule has 1 aliphatic heterocycles. The highest BCUT2D eigenvalue weighted by Crippen LogP contribution is 2.36. The van der Waals surface area contributed by atoms with Crippen molar-refractivity contribution in [3.63, 3.8) is 0 Å². The van der Waals surface area contributed by atoms with Gasteiger partial charge in [-0.05, 0) is 49.3 Å². The van der Waals surface area contributed by atoms with Crippen molar-refractivity contribution in [2.45, 2.75) is 33.1 Å². The highest BCUT2D eigenvalue weighted by molar-refractivity contribution is 7.10. The molecule has 0 fully saturated rings. The summed E-state index contributed by atoms with van der Waals surface area (Å²) in [6, 6.07) is 0. The maximum Gasteiger partial charge on any atom is 0.0259 e. The summed E-state index contributed by atoms with van der Waals surface area (Å²) in [6.45, 7) is 6.58. The van der Waals surface area contributed by atoms with Gasteiger partial charge in [0.25, 0.3) is 0 Å². The van der Waals surface area contributed by atoms with Crippen LogP contribution in [0.4, 0.5) is 0 Å². The second-order valence-corrected chi connectivity index (χ2v) is 4.81. The summed E-state index contributed by atoms with van der Waals surface area (Å²) in [5.74, 6) is 0.575. The van der Waals surface area contributed by atoms with Crippen molar-refractivity contribution in [1.29, 1.82) is 0 Å². The average Bonchev–Trinajstić information content (AvgIpc) is 2.49. The van der Waals surface area contributed by atoms with Crippen LogP contribution in [0, 0.1) is 13.8 Å². The Morgan fingerprint density at radius 2 is 2.14 bits per heavy atom. The van der Waals surface area contributed by atoms with Gasteiger partial charge in [0.15, 0.2) is 0 Å². The van der Waals surface area contributed by atoms with Crippen molar-refractivity contribution < 1.29 is 0 Å². The summed E-state index contributed by atoms with van der Waals surface area (Å²) in [5, 5.41) is 2.25. The van der Waals surface area contributed by atoms with Crippen LogP contribution in [0.25, 0.3) is 0 Å². The Morgan fingerprint density at radius 1 is 1.36 bits per heavy atom. The monoisotopic (exact) mass is 205 g/mol. The van der Waals surface area contributed by atoms with E-state index in [9.17, 15) is 0 Å². The number of hydrogen-bond acceptors (Lipinski definition) is 2. The van der Waals surface area contributed by atoms with Gasteiger partial charge in [-0.25, -0.2) is 0 Å². The molecule has 0 saturated heterocycles. The van der Waals surface area contributed by atoms with Gasteiger partial charge in [-0.15, -0.1) is 11.3 Å². The van der Waals surface area contributed by atoms with Crippen LogP contribution in [0.15, 0.2) is 22.1 Å². The van der Waals surface area contributed by atoms with Crippen molar-refractivity contribution in [1.82, 2.24) is 0 Å². The Labute approximate surface area is 89.2 Å². The molecule has 2 rings (SSSR count). The molecule has 0 aromatic carbocycles. The largest absolute Gasteiger partial charge is 0.269 e. The summed E-state index contributed by atoms with van der Waals surface area (Å²) in [7, 11) is 0. The number of allylic oxidation sites excluding steroid dienone is 1. The van der Waals surface area contributed by atoms with Gasteiger partial charge >= 0.3 is 0 Å². The SMILES string of the molecule is CC1=CN=CCC1c1scc(C)c1C. The van der Waals surface area contributed by atoms with Crippen molar-refractivity contribution in [3.05, 3.63) is 33.2 Å². The smallest absolute Gasteiger partial charge is 0.0259 e. The molecule has 1 aromatic rings. The molecule has 1 unspecified atom stereocenters. The molecule has 1 atom stereocenters. The second-order valence-electron chi connectivity index (χ2n) is 3.90. The van der Waals surface area contributed by atoms with Crippen molar-refractivity contribution in [2.24, 2.45) is 4.99 Å². The Kier molecular flexibility index (Phi) is 2.55. The average molecular weight is 205 g/mol. The number of hydrogen-bond donors (Lipinski definition) is 0. The Hall–Kier alpha value is -0.890. The highest BCUT2D eigenvalue weighted by atomic mass is 32.1. The van der Waals surface area contributed by atoms with Crippen LogP contribution >= 0.6 is 11.3 Å². The molecule has 14 heavy (non-hydrogen) atoms. The number of rotatable bonds is 1. The van der Waals surface area contributed by atoms with E-state index < -0.39 is 0 Å². The summed E-state index contributed by atoms with van der Waals surface area (Å²) >= 11 is 1.88. The predicted molar refractivity (Wildman–Crippen MR) is 63.4 cm³/mol. The molecule has 1 aliphatic rings. The van der Waals surface area contributed by atoms with Crippen LogP contribution in [0.1, 0.15) is 35.3 Å². The molecular formula is C12H15NS. The van der Waals surface area contributed by atoms with E-state index in [1.165, 1.54) is 21.6 Å². The lowest BCUT2D eigenvalue weighted by molar-refractivity contribution is 0.834. The molecule has 0 bridgehead atoms. The van der Waals surface area contributed by atoms with Crippen LogP contribution in [0.5, 0.6) is 0 Å². The lowest BCUT2D eigenvalue weighted by atomic mass is 9.92. The summed E-state index contributed by atoms with van der Waals surface area (Å²) in [4.78, 5) is 5.70. The quantitative estimate of drug-likeness (QED) is 0.660. The molecule has 0 saturated carbocycles. The van der Waals surface area contributed by atoms with Crippen LogP contribution < -0.4 is 0 Å². The highest BCUT2D eigenvalue weighted by Gasteiger charge is 2.19. The maximum absolute atomic E-state index is 4.19. The lowest BCUT2D eigenvalue weighted by Crippen LogP contribution is -2.04. The van der Waals surface area contributed by atoms with Gasteiger partial charge < -0.3 is 0 Å². The molecule has 1 nitrogen and oxygen atoms in total. The van der Waals surface area contributed by atoms with Crippen molar-refractivity contribution in [3.8, 4) is 0 Å². The number of aryl methyl sites for hydroxylation is 1. The summed E-state index contributed by atoms with van der Waals surface area (Å²) in [6.07, 6.45) is 5.07. The minimum absolute atomic E-state index is 0.575. The predicted octanol–water partition coefficient (Wildman–Crippen LogP) is 3.83. The first-order valence-corrected chi connectivity index (χ1v) is 5.81. The fraction of sp³-hybridized carbons (Fsp3) is 0.417. The van der Waals surface area contributed by atoms with Crippen LogP contribution in [-0.2, 0) is 0 Å². The zero-order valence-corrected chi connectivity index (χ0v) is 9.69. The summed E-state index contributed by atoms with van der Waals surface area (Å²) in [5.41, 5.74) is 4.26. The maximum atomic E-state index is 4.19. The van der Waals surface area contributed by atoms with Gasteiger partial charge in [0.2, 0.25) is 0 Å². The number of nitrogens with zero attached hydrogens (tertiary/aromatic N) is 1. The van der Waals surface area contributed by atoms with E-state index >= 15 is 0 Å². The fourth-order valence-corrected chi connectivity index (χ4v) is 3.06. The van der Waals surface area contributed by atoms with Crippen molar-refractivity contribution >= 4 is 17.6 Å². The van der Waals surface area contributed by atoms with E-state index in [1.54, 1.807) is 0 Å². The van der Waals surface area contributed by atoms with E-state index in [1.807, 2.05) is 23.8 Å². The number of aliphatic imine (C=N–C) groups is 1. The first-order valence-electron chi connectivity index (χ1n) is 4.93. The van der Waals surface area contributed by atoms with Gasteiger partial charge in [0.05, 0.1) is 0 Å². The van der Waals surface area contributed by atoms with E-state index in [4.69, 9.17) is 0 Å². The van der Waals surface area contributed by atoms with Gasteiger partial charge in [0.1, 0.15) is 0 Å². The zero-order valence-electron chi connectivity index (χ0n) is 8.87. The molecule has 0 aliphatic carbocycles. The molecule has 0 N–H and O–H groups in total. The standard InChI is InChI=1S/C12H15NS/c1-8-6-13-5-4-11(8)12-10(3)9(2)7-14-12/h5-7,11H,4H2,1-3H3. The van der Waals surface area contributed by atoms with Crippen LogP contribution in [0.2, 0.25) is 0 Å². The third-order valence-electron chi connectivity index (χ3n) is 2.91. The summed E-state index contributed by atoms with van der Waals surface area (Å²) < 4.78 is 0. The van der Waals surface area contributed by atoms with E-state index in [-0.39, 0.29) is 0 Å². The fourth-order valence-electron chi connectivity index (χ4n) is 1.79. The number of thiophene rings is 1. The van der Waals surface area contributed by atoms with Crippen LogP contribution in [0.3, 0.4) is 0 Å². The van der Waals surface area contributed by atoms with Crippen LogP contribution in [-0.4, -0.2) is 6.21 Å². The topological polar surface area (TPSA) is 12.4 Å². The van der Waals surface area contributed by atoms with Gasteiger partial charge in [-0.3, -0.25) is 4.99 Å². The molecule has 2 heteroatoms. The lowest BCUT2D eigenvalue weighted by Gasteiger charge is -2.17. The molecule has 74 valence electrons. The third-order valence-corrected chi connectivity index (χ3v) is 4.23. The Balaban J connectivity index is 2.36. The van der Waals surface area contributed by atoms with E-state index in [2.05, 4.69) is 31.1 Å². The minimum atomic E-state index is 0.575. The Morgan fingerprint density at radius 3 is 2.71 bits per heavy atom. The molecular weight excluding hydrogens is 190 g/mol. The molecule has 0 radical (unpaired) electrons. The second kappa shape index (κ2) is 3.70. The van der Waals surface area contributed by atoms with E-state index in [0.717, 1.165) is 6.42 Å². The normalized spacial score (nSPS) is 21.1. The van der Waals surface area contributed by atoms with E-state index in [0.29, 0.717) is 5.92 Å². The first-order chi connectivity index (χ1) is 6.70. The van der Waals surface area contributed by atoms with Gasteiger partial charge in [-0.1, -0.05) is 0 Å². The van der Waals surface area contributed by atoms with Gasteiger partial charge in [-0.2, -0.15) is 0 Å².